The molecule has 1 saturated heterocycles. The summed E-state index contributed by atoms with van der Waals surface area (Å²) in [7, 11) is 1.36. The second-order valence-corrected chi connectivity index (χ2v) is 8.36. The van der Waals surface area contributed by atoms with Gasteiger partial charge in [0.15, 0.2) is 0 Å². The van der Waals surface area contributed by atoms with E-state index in [-0.39, 0.29) is 12.1 Å². The Morgan fingerprint density at radius 3 is 2.67 bits per heavy atom. The quantitative estimate of drug-likeness (QED) is 0.794. The summed E-state index contributed by atoms with van der Waals surface area (Å²) < 4.78 is 10.8. The average Bonchev–Trinajstić information content (AvgIpc) is 3.31. The second-order valence-electron chi connectivity index (χ2n) is 7.39. The highest BCUT2D eigenvalue weighted by Crippen LogP contribution is 2.38. The number of aliphatic hydroxyl groups excluding tert-OH is 1. The molecule has 2 aliphatic rings. The summed E-state index contributed by atoms with van der Waals surface area (Å²) in [5.74, 6) is 1.37. The highest BCUT2D eigenvalue weighted by atomic mass is 32.1. The normalized spacial score (nSPS) is 27.9. The molecule has 27 heavy (non-hydrogen) atoms. The molecule has 7 heteroatoms. The number of likely N-dealkylation sites (tertiary alicyclic amines) is 1. The van der Waals surface area contributed by atoms with Crippen LogP contribution < -0.4 is 4.74 Å². The second kappa shape index (κ2) is 7.96. The van der Waals surface area contributed by atoms with Gasteiger partial charge in [-0.15, -0.1) is 11.3 Å². The van der Waals surface area contributed by atoms with Gasteiger partial charge in [0, 0.05) is 30.7 Å². The summed E-state index contributed by atoms with van der Waals surface area (Å²) in [4.78, 5) is 19.4. The minimum Gasteiger partial charge on any atom is -0.488 e. The third kappa shape index (κ3) is 4.15. The topological polar surface area (TPSA) is 71.9 Å². The third-order valence-corrected chi connectivity index (χ3v) is 6.35. The fourth-order valence-electron chi connectivity index (χ4n) is 4.25. The van der Waals surface area contributed by atoms with E-state index < -0.39 is 6.10 Å². The molecule has 1 aliphatic heterocycles. The van der Waals surface area contributed by atoms with Crippen LogP contribution in [0.2, 0.25) is 0 Å². The van der Waals surface area contributed by atoms with E-state index in [9.17, 15) is 9.90 Å². The Labute approximate surface area is 162 Å². The van der Waals surface area contributed by atoms with Gasteiger partial charge in [-0.2, -0.15) is 0 Å². The molecule has 0 radical (unpaired) electrons. The van der Waals surface area contributed by atoms with Crippen molar-refractivity contribution in [1.29, 1.82) is 0 Å². The van der Waals surface area contributed by atoms with Gasteiger partial charge in [0.2, 0.25) is 0 Å². The molecule has 0 unspecified atom stereocenters. The van der Waals surface area contributed by atoms with E-state index in [0.29, 0.717) is 23.1 Å². The predicted octanol–water partition coefficient (Wildman–Crippen LogP) is 2.58. The Morgan fingerprint density at radius 2 is 2.00 bits per heavy atom. The van der Waals surface area contributed by atoms with Gasteiger partial charge < -0.3 is 14.6 Å². The highest BCUT2D eigenvalue weighted by molar-refractivity contribution is 7.09. The van der Waals surface area contributed by atoms with Crippen molar-refractivity contribution in [3.05, 3.63) is 46.4 Å². The van der Waals surface area contributed by atoms with Gasteiger partial charge in [0.25, 0.3) is 0 Å². The van der Waals surface area contributed by atoms with Gasteiger partial charge in [0.1, 0.15) is 11.9 Å². The standard InChI is InChI=1S/C20H24N2O4S/c1-25-20(24)13-2-4-16(5-3-13)26-19-7-15-10-22(9-14(15)6-18(19)23)11-17-8-21-12-27-17/h2-5,8,12,14-15,18-19,23H,6-7,9-11H2,1H3/t14-,15+,18+,19+/m0/s1. The van der Waals surface area contributed by atoms with E-state index >= 15 is 0 Å². The van der Waals surface area contributed by atoms with Crippen molar-refractivity contribution in [2.24, 2.45) is 11.8 Å². The molecule has 1 saturated carbocycles. The number of benzene rings is 1. The van der Waals surface area contributed by atoms with E-state index in [2.05, 4.69) is 9.88 Å². The van der Waals surface area contributed by atoms with Crippen LogP contribution in [0.3, 0.4) is 0 Å². The number of methoxy groups -OCH3 is 1. The molecule has 0 spiro atoms. The first-order chi connectivity index (χ1) is 13.1. The van der Waals surface area contributed by atoms with Gasteiger partial charge in [-0.05, 0) is 48.9 Å². The lowest BCUT2D eigenvalue weighted by atomic mass is 9.78. The van der Waals surface area contributed by atoms with Crippen LogP contribution in [0.5, 0.6) is 5.75 Å². The molecule has 2 heterocycles. The van der Waals surface area contributed by atoms with Crippen molar-refractivity contribution < 1.29 is 19.4 Å². The summed E-state index contributed by atoms with van der Waals surface area (Å²) >= 11 is 1.69. The number of hydrogen-bond acceptors (Lipinski definition) is 7. The molecule has 1 aromatic heterocycles. The van der Waals surface area contributed by atoms with E-state index in [4.69, 9.17) is 9.47 Å². The van der Waals surface area contributed by atoms with Crippen LogP contribution >= 0.6 is 11.3 Å². The van der Waals surface area contributed by atoms with E-state index in [1.165, 1.54) is 12.0 Å². The Balaban J connectivity index is 1.36. The van der Waals surface area contributed by atoms with Crippen molar-refractivity contribution in [3.8, 4) is 5.75 Å². The number of rotatable bonds is 5. The summed E-state index contributed by atoms with van der Waals surface area (Å²) in [6.45, 7) is 3.00. The number of fused-ring (bicyclic) bond motifs is 1. The Morgan fingerprint density at radius 1 is 1.26 bits per heavy atom. The van der Waals surface area contributed by atoms with Gasteiger partial charge in [-0.25, -0.2) is 4.79 Å². The number of ether oxygens (including phenoxy) is 2. The molecule has 1 aromatic carbocycles. The third-order valence-electron chi connectivity index (χ3n) is 5.59. The van der Waals surface area contributed by atoms with Crippen LogP contribution in [0.1, 0.15) is 28.1 Å². The molecular formula is C20H24N2O4S. The van der Waals surface area contributed by atoms with Crippen LogP contribution in [-0.4, -0.2) is 53.4 Å². The zero-order chi connectivity index (χ0) is 18.8. The highest BCUT2D eigenvalue weighted by Gasteiger charge is 2.42. The van der Waals surface area contributed by atoms with Gasteiger partial charge in [-0.3, -0.25) is 9.88 Å². The average molecular weight is 388 g/mol. The number of nitrogens with zero attached hydrogens (tertiary/aromatic N) is 2. The van der Waals surface area contributed by atoms with Crippen molar-refractivity contribution >= 4 is 17.3 Å². The largest absolute Gasteiger partial charge is 0.488 e. The fourth-order valence-corrected chi connectivity index (χ4v) is 4.88. The van der Waals surface area contributed by atoms with E-state index in [1.54, 1.807) is 35.6 Å². The molecule has 1 N–H and O–H groups in total. The number of carbonyl (C=O) groups excluding carboxylic acids is 1. The molecule has 0 amide bonds. The van der Waals surface area contributed by atoms with Crippen molar-refractivity contribution in [2.75, 3.05) is 20.2 Å². The van der Waals surface area contributed by atoms with Gasteiger partial charge in [-0.1, -0.05) is 0 Å². The fraction of sp³-hybridized carbons (Fsp3) is 0.500. The summed E-state index contributed by atoms with van der Waals surface area (Å²) in [5.41, 5.74) is 2.36. The van der Waals surface area contributed by atoms with Crippen LogP contribution in [0.25, 0.3) is 0 Å². The molecule has 0 bridgehead atoms. The molecule has 144 valence electrons. The minimum atomic E-state index is -0.463. The molecule has 2 aromatic rings. The molecule has 4 atom stereocenters. The summed E-state index contributed by atoms with van der Waals surface area (Å²) in [5, 5.41) is 10.6. The Kier molecular flexibility index (Phi) is 5.43. The number of hydrogen-bond donors (Lipinski definition) is 1. The van der Waals surface area contributed by atoms with Crippen molar-refractivity contribution in [2.45, 2.75) is 31.6 Å². The van der Waals surface area contributed by atoms with Crippen LogP contribution in [0, 0.1) is 11.8 Å². The minimum absolute atomic E-state index is 0.210. The monoisotopic (exact) mass is 388 g/mol. The number of aliphatic hydroxyl groups is 1. The first-order valence-electron chi connectivity index (χ1n) is 9.25. The van der Waals surface area contributed by atoms with Crippen LogP contribution in [0.4, 0.5) is 0 Å². The lowest BCUT2D eigenvalue weighted by molar-refractivity contribution is -0.0231. The smallest absolute Gasteiger partial charge is 0.337 e. The predicted molar refractivity (Wildman–Crippen MR) is 102 cm³/mol. The number of aromatic nitrogens is 1. The van der Waals surface area contributed by atoms with E-state index in [1.807, 2.05) is 11.7 Å². The lowest BCUT2D eigenvalue weighted by Gasteiger charge is -2.35. The first-order valence-corrected chi connectivity index (χ1v) is 10.1. The molecule has 4 rings (SSSR count). The summed E-state index contributed by atoms with van der Waals surface area (Å²) in [6, 6.07) is 6.89. The molecule has 2 fully saturated rings. The van der Waals surface area contributed by atoms with E-state index in [0.717, 1.165) is 32.5 Å². The SMILES string of the molecule is COC(=O)c1ccc(O[C@@H]2C[C@@H]3CN(Cc4cncs4)C[C@@H]3C[C@H]2O)cc1. The molecule has 6 nitrogen and oxygen atoms in total. The van der Waals surface area contributed by atoms with Crippen LogP contribution in [0.15, 0.2) is 36.0 Å². The van der Waals surface area contributed by atoms with Gasteiger partial charge in [0.05, 0.1) is 24.3 Å². The van der Waals surface area contributed by atoms with Crippen molar-refractivity contribution in [3.63, 3.8) is 0 Å². The van der Waals surface area contributed by atoms with Crippen LogP contribution in [-0.2, 0) is 11.3 Å². The molecule has 1 aliphatic carbocycles. The van der Waals surface area contributed by atoms with Gasteiger partial charge >= 0.3 is 5.97 Å². The summed E-state index contributed by atoms with van der Waals surface area (Å²) in [6.07, 6.45) is 2.89. The Bertz CT molecular complexity index is 765. The maximum Gasteiger partial charge on any atom is 0.337 e. The van der Waals surface area contributed by atoms with Crippen molar-refractivity contribution in [1.82, 2.24) is 9.88 Å². The molecular weight excluding hydrogens is 364 g/mol. The maximum absolute atomic E-state index is 11.5. The maximum atomic E-state index is 11.5. The first kappa shape index (κ1) is 18.4. The zero-order valence-corrected chi connectivity index (χ0v) is 16.1. The zero-order valence-electron chi connectivity index (χ0n) is 15.3. The number of esters is 1. The number of thiazole rings is 1. The Hall–Kier alpha value is -1.96. The number of carbonyl (C=O) groups is 1. The lowest BCUT2D eigenvalue weighted by Crippen LogP contribution is -2.42.